The van der Waals surface area contributed by atoms with Crippen LogP contribution in [0, 0.1) is 22.7 Å². The highest BCUT2D eigenvalue weighted by Gasteiger charge is 2.29. The molecule has 1 fully saturated rings. The number of rotatable bonds is 1. The van der Waals surface area contributed by atoms with E-state index >= 15 is 0 Å². The molecule has 0 unspecified atom stereocenters. The molecule has 0 aromatic heterocycles. The van der Waals surface area contributed by atoms with Crippen LogP contribution in [-0.4, -0.2) is 0 Å². The minimum absolute atomic E-state index is 0.0422. The van der Waals surface area contributed by atoms with Gasteiger partial charge in [-0.05, 0) is 38.5 Å². The molecule has 1 rings (SSSR count). The van der Waals surface area contributed by atoms with Gasteiger partial charge in [0.05, 0.1) is 11.5 Å². The van der Waals surface area contributed by atoms with Gasteiger partial charge in [-0.1, -0.05) is 6.08 Å². The van der Waals surface area contributed by atoms with Gasteiger partial charge in [-0.3, -0.25) is 0 Å². The fourth-order valence-corrected chi connectivity index (χ4v) is 1.62. The van der Waals surface area contributed by atoms with E-state index < -0.39 is 0 Å². The highest BCUT2D eigenvalue weighted by Crippen LogP contribution is 2.38. The van der Waals surface area contributed by atoms with Gasteiger partial charge in [0, 0.05) is 0 Å². The van der Waals surface area contributed by atoms with Crippen molar-refractivity contribution in [3.05, 3.63) is 12.7 Å². The van der Waals surface area contributed by atoms with E-state index in [0.717, 1.165) is 25.7 Å². The number of hydrogen-bond donors (Lipinski definition) is 0. The summed E-state index contributed by atoms with van der Waals surface area (Å²) in [5, 5.41) is 8.83. The highest BCUT2D eigenvalue weighted by molar-refractivity contribution is 5.00. The van der Waals surface area contributed by atoms with Gasteiger partial charge in [0.1, 0.15) is 0 Å². The molecule has 1 aliphatic carbocycles. The van der Waals surface area contributed by atoms with E-state index in [0.29, 0.717) is 5.92 Å². The third-order valence-electron chi connectivity index (χ3n) is 2.74. The van der Waals surface area contributed by atoms with Crippen molar-refractivity contribution in [2.24, 2.45) is 11.3 Å². The molecule has 60 valence electrons. The molecule has 11 heavy (non-hydrogen) atoms. The summed E-state index contributed by atoms with van der Waals surface area (Å²) < 4.78 is 0. The first-order chi connectivity index (χ1) is 5.20. The molecule has 0 heterocycles. The van der Waals surface area contributed by atoms with Crippen LogP contribution in [0.4, 0.5) is 0 Å². The van der Waals surface area contributed by atoms with Crippen LogP contribution in [0.25, 0.3) is 0 Å². The van der Waals surface area contributed by atoms with E-state index in [1.54, 1.807) is 0 Å². The molecule has 0 aromatic rings. The van der Waals surface area contributed by atoms with Crippen molar-refractivity contribution >= 4 is 0 Å². The Kier molecular flexibility index (Phi) is 2.34. The zero-order valence-corrected chi connectivity index (χ0v) is 7.14. The van der Waals surface area contributed by atoms with Gasteiger partial charge in [0.25, 0.3) is 0 Å². The fraction of sp³-hybridized carbons (Fsp3) is 0.700. The van der Waals surface area contributed by atoms with Gasteiger partial charge in [-0.25, -0.2) is 0 Å². The molecule has 0 aromatic carbocycles. The second-order valence-corrected chi connectivity index (χ2v) is 3.75. The Balaban J connectivity index is 2.49. The number of hydrogen-bond acceptors (Lipinski definition) is 1. The van der Waals surface area contributed by atoms with Gasteiger partial charge in [-0.15, -0.1) is 6.58 Å². The molecular weight excluding hydrogens is 134 g/mol. The van der Waals surface area contributed by atoms with E-state index in [2.05, 4.69) is 19.6 Å². The number of nitriles is 1. The lowest BCUT2D eigenvalue weighted by atomic mass is 9.73. The second-order valence-electron chi connectivity index (χ2n) is 3.75. The smallest absolute Gasteiger partial charge is 0.0686 e. The third kappa shape index (κ3) is 1.83. The van der Waals surface area contributed by atoms with Crippen LogP contribution in [0.1, 0.15) is 32.6 Å². The van der Waals surface area contributed by atoms with Crippen molar-refractivity contribution in [1.82, 2.24) is 0 Å². The molecular formula is C10H15N. The predicted molar refractivity (Wildman–Crippen MR) is 45.9 cm³/mol. The van der Waals surface area contributed by atoms with Crippen LogP contribution in [0.5, 0.6) is 0 Å². The van der Waals surface area contributed by atoms with Crippen LogP contribution in [0.2, 0.25) is 0 Å². The molecule has 1 heteroatoms. The molecule has 0 spiro atoms. The largest absolute Gasteiger partial charge is 0.198 e. The first-order valence-electron chi connectivity index (χ1n) is 4.24. The second kappa shape index (κ2) is 3.09. The lowest BCUT2D eigenvalue weighted by Gasteiger charge is -2.30. The van der Waals surface area contributed by atoms with E-state index in [1.807, 2.05) is 6.08 Å². The first kappa shape index (κ1) is 8.33. The molecule has 0 N–H and O–H groups in total. The number of allylic oxidation sites excluding steroid dienone is 1. The summed E-state index contributed by atoms with van der Waals surface area (Å²) in [7, 11) is 0. The summed E-state index contributed by atoms with van der Waals surface area (Å²) in [6, 6.07) is 2.39. The maximum atomic E-state index is 8.83. The summed E-state index contributed by atoms with van der Waals surface area (Å²) in [4.78, 5) is 0. The summed E-state index contributed by atoms with van der Waals surface area (Å²) in [5.74, 6) is 0.663. The molecule has 1 aliphatic rings. The van der Waals surface area contributed by atoms with E-state index in [1.165, 1.54) is 0 Å². The zero-order chi connectivity index (χ0) is 8.32. The van der Waals surface area contributed by atoms with Crippen LogP contribution in [0.15, 0.2) is 12.7 Å². The monoisotopic (exact) mass is 149 g/mol. The molecule has 1 nitrogen and oxygen atoms in total. The Morgan fingerprint density at radius 2 is 2.09 bits per heavy atom. The van der Waals surface area contributed by atoms with E-state index in [9.17, 15) is 0 Å². The van der Waals surface area contributed by atoms with Crippen molar-refractivity contribution in [2.45, 2.75) is 32.6 Å². The maximum absolute atomic E-state index is 8.83. The fourth-order valence-electron chi connectivity index (χ4n) is 1.62. The quantitative estimate of drug-likeness (QED) is 0.526. The normalized spacial score (nSPS) is 37.6. The zero-order valence-electron chi connectivity index (χ0n) is 7.14. The standard InChI is InChI=1S/C10H15N/c1-3-9-4-6-10(2,8-11)7-5-9/h3,9H,1,4-7H2,2H3. The Morgan fingerprint density at radius 3 is 2.45 bits per heavy atom. The number of nitrogens with zero attached hydrogens (tertiary/aromatic N) is 1. The van der Waals surface area contributed by atoms with Crippen molar-refractivity contribution in [3.63, 3.8) is 0 Å². The first-order valence-corrected chi connectivity index (χ1v) is 4.24. The average molecular weight is 149 g/mol. The molecule has 0 aliphatic heterocycles. The maximum Gasteiger partial charge on any atom is 0.0686 e. The summed E-state index contributed by atoms with van der Waals surface area (Å²) in [6.07, 6.45) is 6.40. The minimum atomic E-state index is -0.0422. The minimum Gasteiger partial charge on any atom is -0.198 e. The predicted octanol–water partition coefficient (Wildman–Crippen LogP) is 2.89. The SMILES string of the molecule is C=CC1CCC(C)(C#N)CC1. The van der Waals surface area contributed by atoms with Crippen molar-refractivity contribution in [3.8, 4) is 6.07 Å². The lowest BCUT2D eigenvalue weighted by Crippen LogP contribution is -2.21. The highest BCUT2D eigenvalue weighted by atomic mass is 14.4. The van der Waals surface area contributed by atoms with Gasteiger partial charge in [0.15, 0.2) is 0 Å². The molecule has 1 saturated carbocycles. The van der Waals surface area contributed by atoms with Gasteiger partial charge >= 0.3 is 0 Å². The van der Waals surface area contributed by atoms with Crippen molar-refractivity contribution in [1.29, 1.82) is 5.26 Å². The van der Waals surface area contributed by atoms with Crippen molar-refractivity contribution < 1.29 is 0 Å². The van der Waals surface area contributed by atoms with Gasteiger partial charge < -0.3 is 0 Å². The molecule has 0 radical (unpaired) electrons. The lowest BCUT2D eigenvalue weighted by molar-refractivity contribution is 0.258. The Labute approximate surface area is 68.7 Å². The van der Waals surface area contributed by atoms with Gasteiger partial charge in [0.2, 0.25) is 0 Å². The molecule has 0 atom stereocenters. The summed E-state index contributed by atoms with van der Waals surface area (Å²) in [5.41, 5.74) is -0.0422. The molecule has 0 amide bonds. The van der Waals surface area contributed by atoms with E-state index in [4.69, 9.17) is 5.26 Å². The van der Waals surface area contributed by atoms with Crippen molar-refractivity contribution in [2.75, 3.05) is 0 Å². The van der Waals surface area contributed by atoms with Crippen LogP contribution >= 0.6 is 0 Å². The molecule has 0 bridgehead atoms. The summed E-state index contributed by atoms with van der Waals surface area (Å²) >= 11 is 0. The average Bonchev–Trinajstić information content (AvgIpc) is 2.06. The topological polar surface area (TPSA) is 23.8 Å². The Morgan fingerprint density at radius 1 is 1.55 bits per heavy atom. The third-order valence-corrected chi connectivity index (χ3v) is 2.74. The Hall–Kier alpha value is -0.770. The van der Waals surface area contributed by atoms with Crippen LogP contribution in [0.3, 0.4) is 0 Å². The van der Waals surface area contributed by atoms with Crippen LogP contribution < -0.4 is 0 Å². The van der Waals surface area contributed by atoms with Crippen LogP contribution in [-0.2, 0) is 0 Å². The van der Waals surface area contributed by atoms with Gasteiger partial charge in [-0.2, -0.15) is 5.26 Å². The van der Waals surface area contributed by atoms with E-state index in [-0.39, 0.29) is 5.41 Å². The molecule has 0 saturated heterocycles. The summed E-state index contributed by atoms with van der Waals surface area (Å²) in [6.45, 7) is 5.84. The Bertz CT molecular complexity index is 180.